The van der Waals surface area contributed by atoms with E-state index < -0.39 is 9.85 Å². The van der Waals surface area contributed by atoms with E-state index in [9.17, 15) is 20.2 Å². The zero-order chi connectivity index (χ0) is 26.1. The number of rotatable bonds is 6. The smallest absolute Gasteiger partial charge is 0.265 e. The Labute approximate surface area is 238 Å². The molecule has 0 bridgehead atoms. The van der Waals surface area contributed by atoms with Gasteiger partial charge in [-0.2, -0.15) is 10.2 Å². The Hall–Kier alpha value is -3.79. The Balaban J connectivity index is 1.62. The fourth-order valence-electron chi connectivity index (χ4n) is 3.94. The number of non-ortho nitro benzene ring substituents is 2. The van der Waals surface area contributed by atoms with Crippen LogP contribution in [0.2, 0.25) is 0 Å². The first-order chi connectivity index (χ1) is 17.8. The van der Waals surface area contributed by atoms with Crippen molar-refractivity contribution in [2.45, 2.75) is 0 Å². The lowest BCUT2D eigenvalue weighted by atomic mass is 10.0. The van der Waals surface area contributed by atoms with Crippen LogP contribution in [-0.2, 0) is 0 Å². The summed E-state index contributed by atoms with van der Waals surface area (Å²) in [4.78, 5) is 21.7. The van der Waals surface area contributed by atoms with E-state index in [0.717, 1.165) is 24.0 Å². The molecule has 0 aliphatic carbocycles. The predicted molar refractivity (Wildman–Crippen MR) is 159 cm³/mol. The van der Waals surface area contributed by atoms with Gasteiger partial charge in [-0.15, -0.1) is 5.10 Å². The van der Waals surface area contributed by atoms with Crippen LogP contribution >= 0.6 is 45.2 Å². The number of hydrogen-bond acceptors (Lipinski definition) is 8. The summed E-state index contributed by atoms with van der Waals surface area (Å²) in [5, 5.41) is 30.6. The van der Waals surface area contributed by atoms with Gasteiger partial charge in [0, 0.05) is 42.5 Å². The lowest BCUT2D eigenvalue weighted by Gasteiger charge is -2.31. The summed E-state index contributed by atoms with van der Waals surface area (Å²) in [6.45, 7) is 0. The summed E-state index contributed by atoms with van der Waals surface area (Å²) in [6, 6.07) is 24.5. The largest absolute Gasteiger partial charge is 0.270 e. The Kier molecular flexibility index (Phi) is 6.92. The molecule has 184 valence electrons. The quantitative estimate of drug-likeness (QED) is 0.134. The molecule has 1 heterocycles. The van der Waals surface area contributed by atoms with E-state index in [4.69, 9.17) is 0 Å². The molecule has 0 saturated carbocycles. The van der Waals surface area contributed by atoms with Crippen molar-refractivity contribution in [1.82, 2.24) is 5.43 Å². The van der Waals surface area contributed by atoms with Crippen LogP contribution in [0.15, 0.2) is 90.0 Å². The maximum atomic E-state index is 11.6. The molecular formula is C25H16I2N6O4. The first-order valence-electron chi connectivity index (χ1n) is 10.8. The average Bonchev–Trinajstić information content (AvgIpc) is 3.38. The molecule has 0 fully saturated rings. The molecule has 0 saturated heterocycles. The Morgan fingerprint density at radius 1 is 0.676 bits per heavy atom. The molecule has 0 aromatic heterocycles. The van der Waals surface area contributed by atoms with Crippen molar-refractivity contribution in [3.8, 4) is 22.3 Å². The third kappa shape index (κ3) is 5.06. The molecule has 4 aromatic carbocycles. The van der Waals surface area contributed by atoms with Crippen molar-refractivity contribution in [1.29, 1.82) is 0 Å². The lowest BCUT2D eigenvalue weighted by molar-refractivity contribution is -0.384. The van der Waals surface area contributed by atoms with Crippen LogP contribution in [0.1, 0.15) is 0 Å². The fraction of sp³-hybridized carbons (Fsp3) is 0. The van der Waals surface area contributed by atoms with Crippen molar-refractivity contribution >= 4 is 74.3 Å². The molecule has 0 amide bonds. The Bertz CT molecular complexity index is 1540. The number of nitro benzene ring substituents is 2. The molecule has 12 heteroatoms. The van der Waals surface area contributed by atoms with E-state index >= 15 is 0 Å². The Morgan fingerprint density at radius 2 is 1.22 bits per heavy atom. The second-order valence-corrected chi connectivity index (χ2v) is 10.4. The minimum atomic E-state index is -0.487. The molecule has 1 aliphatic heterocycles. The average molecular weight is 718 g/mol. The van der Waals surface area contributed by atoms with E-state index in [2.05, 4.69) is 61.8 Å². The van der Waals surface area contributed by atoms with Crippen molar-refractivity contribution in [3.05, 3.63) is 112 Å². The van der Waals surface area contributed by atoms with Crippen molar-refractivity contribution in [2.75, 3.05) is 10.2 Å². The lowest BCUT2D eigenvalue weighted by Crippen LogP contribution is -2.43. The summed E-state index contributed by atoms with van der Waals surface area (Å²) in [6.07, 6.45) is 1.52. The molecule has 37 heavy (non-hydrogen) atoms. The summed E-state index contributed by atoms with van der Waals surface area (Å²) in [7, 11) is 0. The van der Waals surface area contributed by atoms with E-state index in [0.29, 0.717) is 16.8 Å². The third-order valence-corrected chi connectivity index (χ3v) is 7.06. The van der Waals surface area contributed by atoms with Crippen LogP contribution in [0.5, 0.6) is 0 Å². The Morgan fingerprint density at radius 3 is 1.86 bits per heavy atom. The predicted octanol–water partition coefficient (Wildman–Crippen LogP) is 6.74. The maximum Gasteiger partial charge on any atom is 0.270 e. The zero-order valence-corrected chi connectivity index (χ0v) is 23.1. The number of benzene rings is 4. The summed E-state index contributed by atoms with van der Waals surface area (Å²) in [5.41, 5.74) is 7.34. The molecule has 1 N–H and O–H groups in total. The molecule has 10 nitrogen and oxygen atoms in total. The topological polar surface area (TPSA) is 117 Å². The van der Waals surface area contributed by atoms with E-state index in [-0.39, 0.29) is 11.4 Å². The number of hydrazine groups is 2. The molecule has 0 unspecified atom stereocenters. The van der Waals surface area contributed by atoms with Crippen LogP contribution in [-0.4, -0.2) is 16.2 Å². The summed E-state index contributed by atoms with van der Waals surface area (Å²) < 4.78 is 2.18. The van der Waals surface area contributed by atoms with E-state index in [1.807, 2.05) is 36.4 Å². The third-order valence-electron chi connectivity index (χ3n) is 5.67. The fourth-order valence-corrected chi connectivity index (χ4v) is 4.79. The first-order valence-corrected chi connectivity index (χ1v) is 12.9. The standard InChI is InChI=1S/C25H16I2N6O4/c26-18-5-1-16(2-6-18)22-13-19(27)7-11-24(22)30-28-15-29-31(30)25-12-10-21(33(36)37)14-23(25)17-3-8-20(9-4-17)32(34)35/h1-15H,(H,28,29). The van der Waals surface area contributed by atoms with Gasteiger partial charge in [0.25, 0.3) is 11.4 Å². The number of nitrogens with zero attached hydrogens (tertiary/aromatic N) is 5. The SMILES string of the molecule is O=[N+]([O-])c1ccc(-c2cc([N+](=O)[O-])ccc2N2NC=NN2c2ccc(I)cc2-c2ccc(I)cc2)cc1. The number of hydrazone groups is 1. The van der Waals surface area contributed by atoms with Gasteiger partial charge in [-0.1, -0.05) is 12.1 Å². The number of anilines is 2. The van der Waals surface area contributed by atoms with Gasteiger partial charge in [-0.3, -0.25) is 25.7 Å². The van der Waals surface area contributed by atoms with Crippen LogP contribution in [0.3, 0.4) is 0 Å². The van der Waals surface area contributed by atoms with Gasteiger partial charge in [-0.25, -0.2) is 0 Å². The van der Waals surface area contributed by atoms with Gasteiger partial charge in [0.2, 0.25) is 0 Å². The van der Waals surface area contributed by atoms with Gasteiger partial charge in [0.1, 0.15) is 6.34 Å². The van der Waals surface area contributed by atoms with Gasteiger partial charge >= 0.3 is 0 Å². The molecular weight excluding hydrogens is 702 g/mol. The van der Waals surface area contributed by atoms with Gasteiger partial charge in [0.05, 0.1) is 21.2 Å². The molecule has 5 rings (SSSR count). The highest BCUT2D eigenvalue weighted by Gasteiger charge is 2.27. The zero-order valence-electron chi connectivity index (χ0n) is 18.8. The number of hydrogen-bond donors (Lipinski definition) is 1. The van der Waals surface area contributed by atoms with Crippen LogP contribution in [0, 0.1) is 27.4 Å². The van der Waals surface area contributed by atoms with Crippen LogP contribution in [0.4, 0.5) is 22.7 Å². The van der Waals surface area contributed by atoms with Crippen LogP contribution < -0.4 is 15.7 Å². The molecule has 1 aliphatic rings. The summed E-state index contributed by atoms with van der Waals surface area (Å²) >= 11 is 4.53. The second-order valence-electron chi connectivity index (χ2n) is 7.91. The highest BCUT2D eigenvalue weighted by atomic mass is 127. The molecule has 4 aromatic rings. The molecule has 0 spiro atoms. The van der Waals surface area contributed by atoms with Gasteiger partial charge in [-0.05, 0) is 105 Å². The summed E-state index contributed by atoms with van der Waals surface area (Å²) in [5.74, 6) is 0. The second kappa shape index (κ2) is 10.3. The normalized spacial score (nSPS) is 12.5. The van der Waals surface area contributed by atoms with E-state index in [1.165, 1.54) is 30.6 Å². The maximum absolute atomic E-state index is 11.6. The number of nitro groups is 2. The highest BCUT2D eigenvalue weighted by Crippen LogP contribution is 2.39. The van der Waals surface area contributed by atoms with Crippen molar-refractivity contribution < 1.29 is 9.85 Å². The molecule has 0 atom stereocenters. The molecule has 0 radical (unpaired) electrons. The van der Waals surface area contributed by atoms with Gasteiger partial charge < -0.3 is 0 Å². The van der Waals surface area contributed by atoms with Crippen LogP contribution in [0.25, 0.3) is 22.3 Å². The van der Waals surface area contributed by atoms with Crippen molar-refractivity contribution in [2.24, 2.45) is 5.10 Å². The monoisotopic (exact) mass is 718 g/mol. The minimum absolute atomic E-state index is 0.0685. The minimum Gasteiger partial charge on any atom is -0.265 e. The van der Waals surface area contributed by atoms with Crippen molar-refractivity contribution in [3.63, 3.8) is 0 Å². The van der Waals surface area contributed by atoms with E-state index in [1.54, 1.807) is 28.4 Å². The first kappa shape index (κ1) is 24.9. The number of nitrogens with one attached hydrogen (secondary N) is 1. The number of halogens is 2. The highest BCUT2D eigenvalue weighted by molar-refractivity contribution is 14.1. The van der Waals surface area contributed by atoms with Gasteiger partial charge in [0.15, 0.2) is 0 Å².